The minimum Gasteiger partial charge on any atom is -0.328 e. The third-order valence-corrected chi connectivity index (χ3v) is 6.26. The number of amides is 1. The fourth-order valence-corrected chi connectivity index (χ4v) is 4.42. The van der Waals surface area contributed by atoms with E-state index in [0.29, 0.717) is 22.4 Å². The Kier molecular flexibility index (Phi) is 7.21. The van der Waals surface area contributed by atoms with Crippen molar-refractivity contribution in [3.63, 3.8) is 0 Å². The Labute approximate surface area is 213 Å². The van der Waals surface area contributed by atoms with E-state index in [2.05, 4.69) is 0 Å². The van der Waals surface area contributed by atoms with Crippen LogP contribution in [-0.2, 0) is 6.18 Å². The van der Waals surface area contributed by atoms with Gasteiger partial charge in [-0.25, -0.2) is 4.98 Å². The highest BCUT2D eigenvalue weighted by atomic mass is 19.4. The monoisotopic (exact) mass is 507 g/mol. The van der Waals surface area contributed by atoms with Gasteiger partial charge in [0.2, 0.25) is 0 Å². The zero-order valence-corrected chi connectivity index (χ0v) is 21.1. The molecule has 0 aliphatic rings. The van der Waals surface area contributed by atoms with Crippen LogP contribution in [0.3, 0.4) is 0 Å². The van der Waals surface area contributed by atoms with Crippen LogP contribution in [0.5, 0.6) is 0 Å². The van der Waals surface area contributed by atoms with Crippen molar-refractivity contribution in [1.82, 2.24) is 14.5 Å². The standard InChI is InChI=1S/C29H28F3N3O2/c1-18(2)17-34(27(36)21-11-9-12-22(16-21)29(30,31)32)20(4)26-33-24-14-7-6-13-23(24)28(37)35(26)25-15-8-5-10-19(25)3/h5-16,18,20H,17H2,1-4H3. The summed E-state index contributed by atoms with van der Waals surface area (Å²) in [6, 6.07) is 18.0. The van der Waals surface area contributed by atoms with Gasteiger partial charge in [-0.05, 0) is 61.7 Å². The van der Waals surface area contributed by atoms with Crippen molar-refractivity contribution in [1.29, 1.82) is 0 Å². The number of fused-ring (bicyclic) bond motifs is 1. The first-order chi connectivity index (χ1) is 17.5. The maximum absolute atomic E-state index is 13.7. The highest BCUT2D eigenvalue weighted by Gasteiger charge is 2.33. The number of para-hydroxylation sites is 2. The molecule has 0 aliphatic heterocycles. The number of rotatable bonds is 6. The van der Waals surface area contributed by atoms with Gasteiger partial charge in [-0.15, -0.1) is 0 Å². The maximum Gasteiger partial charge on any atom is 0.416 e. The molecule has 0 bridgehead atoms. The predicted molar refractivity (Wildman–Crippen MR) is 138 cm³/mol. The molecule has 8 heteroatoms. The van der Waals surface area contributed by atoms with Gasteiger partial charge in [0.05, 0.1) is 28.2 Å². The van der Waals surface area contributed by atoms with E-state index in [-0.39, 0.29) is 23.6 Å². The summed E-state index contributed by atoms with van der Waals surface area (Å²) >= 11 is 0. The Morgan fingerprint density at radius 3 is 2.32 bits per heavy atom. The Bertz CT molecular complexity index is 1510. The molecule has 0 saturated carbocycles. The number of benzene rings is 3. The Hall–Kier alpha value is -3.94. The quantitative estimate of drug-likeness (QED) is 0.297. The van der Waals surface area contributed by atoms with Crippen molar-refractivity contribution in [3.8, 4) is 5.69 Å². The molecule has 4 aromatic rings. The normalized spacial score (nSPS) is 12.6. The van der Waals surface area contributed by atoms with Crippen molar-refractivity contribution in [2.75, 3.05) is 6.54 Å². The Morgan fingerprint density at radius 1 is 0.973 bits per heavy atom. The van der Waals surface area contributed by atoms with Gasteiger partial charge in [0.1, 0.15) is 5.82 Å². The number of alkyl halides is 3. The summed E-state index contributed by atoms with van der Waals surface area (Å²) in [4.78, 5) is 33.7. The average molecular weight is 508 g/mol. The van der Waals surface area contributed by atoms with E-state index in [1.165, 1.54) is 21.6 Å². The van der Waals surface area contributed by atoms with E-state index < -0.39 is 23.7 Å². The first kappa shape index (κ1) is 26.1. The molecule has 0 N–H and O–H groups in total. The van der Waals surface area contributed by atoms with E-state index >= 15 is 0 Å². The van der Waals surface area contributed by atoms with Crippen LogP contribution in [-0.4, -0.2) is 26.9 Å². The topological polar surface area (TPSA) is 55.2 Å². The Morgan fingerprint density at radius 2 is 1.65 bits per heavy atom. The van der Waals surface area contributed by atoms with Crippen LogP contribution >= 0.6 is 0 Å². The smallest absolute Gasteiger partial charge is 0.328 e. The van der Waals surface area contributed by atoms with Gasteiger partial charge in [-0.2, -0.15) is 13.2 Å². The van der Waals surface area contributed by atoms with Crippen LogP contribution < -0.4 is 5.56 Å². The summed E-state index contributed by atoms with van der Waals surface area (Å²) in [5.74, 6) is -0.221. The molecule has 37 heavy (non-hydrogen) atoms. The Balaban J connectivity index is 1.91. The second-order valence-corrected chi connectivity index (χ2v) is 9.52. The number of aryl methyl sites for hydroxylation is 1. The van der Waals surface area contributed by atoms with Crippen molar-refractivity contribution >= 4 is 16.8 Å². The largest absolute Gasteiger partial charge is 0.416 e. The van der Waals surface area contributed by atoms with Crippen molar-refractivity contribution < 1.29 is 18.0 Å². The number of nitrogens with zero attached hydrogens (tertiary/aromatic N) is 3. The summed E-state index contributed by atoms with van der Waals surface area (Å²) in [5.41, 5.74) is 0.704. The maximum atomic E-state index is 13.7. The van der Waals surface area contributed by atoms with Gasteiger partial charge in [-0.3, -0.25) is 14.2 Å². The van der Waals surface area contributed by atoms with Crippen LogP contribution in [0.15, 0.2) is 77.6 Å². The lowest BCUT2D eigenvalue weighted by Crippen LogP contribution is -2.39. The summed E-state index contributed by atoms with van der Waals surface area (Å²) in [7, 11) is 0. The van der Waals surface area contributed by atoms with Gasteiger partial charge >= 0.3 is 6.18 Å². The van der Waals surface area contributed by atoms with Crippen molar-refractivity contribution in [2.45, 2.75) is 39.9 Å². The molecule has 0 saturated heterocycles. The minimum absolute atomic E-state index is 0.0105. The average Bonchev–Trinajstić information content (AvgIpc) is 2.86. The molecule has 0 radical (unpaired) electrons. The van der Waals surface area contributed by atoms with Gasteiger partial charge in [-0.1, -0.05) is 50.2 Å². The fraction of sp³-hybridized carbons (Fsp3) is 0.276. The second-order valence-electron chi connectivity index (χ2n) is 9.52. The first-order valence-corrected chi connectivity index (χ1v) is 12.0. The molecule has 1 amide bonds. The van der Waals surface area contributed by atoms with E-state index in [1.807, 2.05) is 45.0 Å². The lowest BCUT2D eigenvalue weighted by Gasteiger charge is -2.32. The number of aromatic nitrogens is 2. The first-order valence-electron chi connectivity index (χ1n) is 12.0. The van der Waals surface area contributed by atoms with Crippen LogP contribution in [0.4, 0.5) is 13.2 Å². The molecule has 1 heterocycles. The molecule has 1 aromatic heterocycles. The lowest BCUT2D eigenvalue weighted by molar-refractivity contribution is -0.137. The molecule has 1 atom stereocenters. The van der Waals surface area contributed by atoms with E-state index in [9.17, 15) is 22.8 Å². The van der Waals surface area contributed by atoms with Crippen LogP contribution in [0.2, 0.25) is 0 Å². The third-order valence-electron chi connectivity index (χ3n) is 6.26. The molecular weight excluding hydrogens is 479 g/mol. The minimum atomic E-state index is -4.57. The zero-order chi connectivity index (χ0) is 26.9. The number of carbonyl (C=O) groups is 1. The lowest BCUT2D eigenvalue weighted by atomic mass is 10.1. The summed E-state index contributed by atoms with van der Waals surface area (Å²) in [5, 5.41) is 0.432. The molecule has 0 aliphatic carbocycles. The molecule has 3 aromatic carbocycles. The van der Waals surface area contributed by atoms with E-state index in [4.69, 9.17) is 4.98 Å². The number of hydrogen-bond donors (Lipinski definition) is 0. The summed E-state index contributed by atoms with van der Waals surface area (Å²) in [6.45, 7) is 7.72. The van der Waals surface area contributed by atoms with Crippen LogP contribution in [0.1, 0.15) is 54.1 Å². The SMILES string of the molecule is Cc1ccccc1-n1c(C(C)N(CC(C)C)C(=O)c2cccc(C(F)(F)F)c2)nc2ccccc2c1=O. The molecule has 1 unspecified atom stereocenters. The molecule has 192 valence electrons. The zero-order valence-electron chi connectivity index (χ0n) is 21.1. The van der Waals surface area contributed by atoms with Gasteiger partial charge in [0.25, 0.3) is 11.5 Å². The van der Waals surface area contributed by atoms with Crippen LogP contribution in [0.25, 0.3) is 16.6 Å². The third kappa shape index (κ3) is 5.28. The molecule has 5 nitrogen and oxygen atoms in total. The molecule has 4 rings (SSSR count). The highest BCUT2D eigenvalue weighted by molar-refractivity contribution is 5.94. The highest BCUT2D eigenvalue weighted by Crippen LogP contribution is 2.31. The molecular formula is C29H28F3N3O2. The summed E-state index contributed by atoms with van der Waals surface area (Å²) < 4.78 is 41.6. The van der Waals surface area contributed by atoms with Gasteiger partial charge in [0, 0.05) is 12.1 Å². The van der Waals surface area contributed by atoms with Crippen molar-refractivity contribution in [2.24, 2.45) is 5.92 Å². The van der Waals surface area contributed by atoms with Crippen molar-refractivity contribution in [3.05, 3.63) is 106 Å². The summed E-state index contributed by atoms with van der Waals surface area (Å²) in [6.07, 6.45) is -4.57. The predicted octanol–water partition coefficient (Wildman–Crippen LogP) is 6.57. The molecule has 0 spiro atoms. The van der Waals surface area contributed by atoms with Gasteiger partial charge in [0.15, 0.2) is 0 Å². The second kappa shape index (κ2) is 10.2. The van der Waals surface area contributed by atoms with Gasteiger partial charge < -0.3 is 4.90 Å². The number of hydrogen-bond acceptors (Lipinski definition) is 3. The molecule has 0 fully saturated rings. The van der Waals surface area contributed by atoms with E-state index in [0.717, 1.165) is 17.7 Å². The number of carbonyl (C=O) groups excluding carboxylic acids is 1. The fourth-order valence-electron chi connectivity index (χ4n) is 4.42. The number of halogens is 3. The van der Waals surface area contributed by atoms with Crippen LogP contribution in [0, 0.1) is 12.8 Å². The van der Waals surface area contributed by atoms with E-state index in [1.54, 1.807) is 31.2 Å².